The molecule has 1 saturated heterocycles. The second kappa shape index (κ2) is 8.14. The quantitative estimate of drug-likeness (QED) is 0.752. The van der Waals surface area contributed by atoms with Crippen LogP contribution in [0.3, 0.4) is 0 Å². The van der Waals surface area contributed by atoms with Crippen molar-refractivity contribution < 1.29 is 14.3 Å². The first-order valence-electron chi connectivity index (χ1n) is 8.14. The lowest BCUT2D eigenvalue weighted by molar-refractivity contribution is -0.235. The Balaban J connectivity index is 1.96. The third-order valence-electron chi connectivity index (χ3n) is 4.44. The van der Waals surface area contributed by atoms with Crippen molar-refractivity contribution in [3.8, 4) is 0 Å². The average molecular weight is 322 g/mol. The molecular formula is C18H26O3S. The van der Waals surface area contributed by atoms with E-state index < -0.39 is 0 Å². The summed E-state index contributed by atoms with van der Waals surface area (Å²) in [7, 11) is 0. The van der Waals surface area contributed by atoms with E-state index in [2.05, 4.69) is 20.8 Å². The number of hydrogen-bond acceptors (Lipinski definition) is 4. The summed E-state index contributed by atoms with van der Waals surface area (Å²) in [6, 6.07) is 7.62. The van der Waals surface area contributed by atoms with Gasteiger partial charge in [0.25, 0.3) is 0 Å². The Kier molecular flexibility index (Phi) is 6.48. The molecule has 0 bridgehead atoms. The van der Waals surface area contributed by atoms with Crippen LogP contribution in [0.15, 0.2) is 24.3 Å². The molecule has 1 aromatic carbocycles. The molecule has 1 aromatic rings. The molecule has 4 heteroatoms. The lowest BCUT2D eigenvalue weighted by Gasteiger charge is -2.39. The molecule has 0 radical (unpaired) electrons. The van der Waals surface area contributed by atoms with Crippen LogP contribution < -0.4 is 0 Å². The summed E-state index contributed by atoms with van der Waals surface area (Å²) in [5, 5.41) is 0.134. The average Bonchev–Trinajstić information content (AvgIpc) is 2.60. The van der Waals surface area contributed by atoms with Crippen molar-refractivity contribution in [1.29, 1.82) is 0 Å². The van der Waals surface area contributed by atoms with Gasteiger partial charge in [0.1, 0.15) is 0 Å². The van der Waals surface area contributed by atoms with E-state index in [1.165, 1.54) is 11.8 Å². The van der Waals surface area contributed by atoms with E-state index in [0.717, 1.165) is 49.4 Å². The summed E-state index contributed by atoms with van der Waals surface area (Å²) in [6.07, 6.45) is 2.84. The van der Waals surface area contributed by atoms with Gasteiger partial charge in [-0.3, -0.25) is 4.79 Å². The Morgan fingerprint density at radius 3 is 2.23 bits per heavy atom. The highest BCUT2D eigenvalue weighted by Crippen LogP contribution is 2.36. The van der Waals surface area contributed by atoms with Gasteiger partial charge in [-0.2, -0.15) is 0 Å². The molecule has 0 saturated carbocycles. The molecule has 0 spiro atoms. The Morgan fingerprint density at radius 1 is 1.14 bits per heavy atom. The van der Waals surface area contributed by atoms with Crippen LogP contribution in [0, 0.1) is 5.41 Å². The standard InChI is InChI=1S/C18H26O3S/c1-4-11-22-16(19)14-7-9-15(10-8-14)17-20-12-18(5-2,6-3)13-21-17/h7-10,17H,4-6,11-13H2,1-3H3. The second-order valence-electron chi connectivity index (χ2n) is 5.92. The molecule has 0 atom stereocenters. The molecule has 122 valence electrons. The highest BCUT2D eigenvalue weighted by Gasteiger charge is 2.34. The van der Waals surface area contributed by atoms with Crippen LogP contribution in [-0.4, -0.2) is 24.1 Å². The van der Waals surface area contributed by atoms with E-state index in [4.69, 9.17) is 9.47 Å². The Bertz CT molecular complexity index is 470. The van der Waals surface area contributed by atoms with Crippen LogP contribution >= 0.6 is 11.8 Å². The van der Waals surface area contributed by atoms with Gasteiger partial charge in [0.2, 0.25) is 5.12 Å². The number of hydrogen-bond donors (Lipinski definition) is 0. The molecule has 1 aliphatic heterocycles. The van der Waals surface area contributed by atoms with Crippen molar-refractivity contribution in [1.82, 2.24) is 0 Å². The number of carbonyl (C=O) groups excluding carboxylic acids is 1. The molecule has 0 unspecified atom stereocenters. The van der Waals surface area contributed by atoms with E-state index in [9.17, 15) is 4.79 Å². The lowest BCUT2D eigenvalue weighted by Crippen LogP contribution is -2.37. The third-order valence-corrected chi connectivity index (χ3v) is 5.55. The number of benzene rings is 1. The third kappa shape index (κ3) is 4.12. The van der Waals surface area contributed by atoms with Crippen LogP contribution in [0.5, 0.6) is 0 Å². The molecule has 3 nitrogen and oxygen atoms in total. The van der Waals surface area contributed by atoms with Crippen molar-refractivity contribution in [2.75, 3.05) is 19.0 Å². The zero-order valence-corrected chi connectivity index (χ0v) is 14.6. The number of carbonyl (C=O) groups is 1. The molecule has 0 amide bonds. The van der Waals surface area contributed by atoms with Gasteiger partial charge in [0.05, 0.1) is 13.2 Å². The van der Waals surface area contributed by atoms with Gasteiger partial charge in [-0.05, 0) is 19.3 Å². The SMILES string of the molecule is CCCSC(=O)c1ccc(C2OCC(CC)(CC)CO2)cc1. The van der Waals surface area contributed by atoms with Crippen molar-refractivity contribution >= 4 is 16.9 Å². The smallest absolute Gasteiger partial charge is 0.219 e. The molecule has 22 heavy (non-hydrogen) atoms. The van der Waals surface area contributed by atoms with Gasteiger partial charge in [0.15, 0.2) is 6.29 Å². The Morgan fingerprint density at radius 2 is 1.73 bits per heavy atom. The second-order valence-corrected chi connectivity index (χ2v) is 6.99. The summed E-state index contributed by atoms with van der Waals surface area (Å²) < 4.78 is 11.8. The lowest BCUT2D eigenvalue weighted by atomic mass is 9.83. The molecule has 1 fully saturated rings. The van der Waals surface area contributed by atoms with E-state index in [1.54, 1.807) is 0 Å². The van der Waals surface area contributed by atoms with Gasteiger partial charge < -0.3 is 9.47 Å². The van der Waals surface area contributed by atoms with Crippen molar-refractivity contribution in [3.05, 3.63) is 35.4 Å². The molecule has 0 aliphatic carbocycles. The minimum Gasteiger partial charge on any atom is -0.348 e. The maximum absolute atomic E-state index is 12.0. The van der Waals surface area contributed by atoms with Gasteiger partial charge in [-0.15, -0.1) is 0 Å². The zero-order valence-electron chi connectivity index (χ0n) is 13.8. The maximum Gasteiger partial charge on any atom is 0.219 e. The van der Waals surface area contributed by atoms with E-state index in [-0.39, 0.29) is 16.8 Å². The number of rotatable bonds is 6. The van der Waals surface area contributed by atoms with Crippen LogP contribution in [0.1, 0.15) is 62.2 Å². The topological polar surface area (TPSA) is 35.5 Å². The van der Waals surface area contributed by atoms with Crippen LogP contribution in [0.2, 0.25) is 0 Å². The first-order valence-corrected chi connectivity index (χ1v) is 9.13. The fraction of sp³-hybridized carbons (Fsp3) is 0.611. The summed E-state index contributed by atoms with van der Waals surface area (Å²) in [5.74, 6) is 0.867. The summed E-state index contributed by atoms with van der Waals surface area (Å²) in [6.45, 7) is 7.92. The molecule has 0 N–H and O–H groups in total. The maximum atomic E-state index is 12.0. The van der Waals surface area contributed by atoms with Gasteiger partial charge in [0, 0.05) is 22.3 Å². The highest BCUT2D eigenvalue weighted by atomic mass is 32.2. The van der Waals surface area contributed by atoms with Crippen LogP contribution in [-0.2, 0) is 9.47 Å². The summed E-state index contributed by atoms with van der Waals surface area (Å²) >= 11 is 1.38. The Hall–Kier alpha value is -0.840. The van der Waals surface area contributed by atoms with Crippen LogP contribution in [0.25, 0.3) is 0 Å². The number of thioether (sulfide) groups is 1. The van der Waals surface area contributed by atoms with Gasteiger partial charge in [-0.25, -0.2) is 0 Å². The molecule has 0 aromatic heterocycles. The minimum atomic E-state index is -0.307. The normalized spacial score (nSPS) is 18.3. The monoisotopic (exact) mass is 322 g/mol. The molecular weight excluding hydrogens is 296 g/mol. The predicted molar refractivity (Wildman–Crippen MR) is 91.2 cm³/mol. The van der Waals surface area contributed by atoms with Gasteiger partial charge in [-0.1, -0.05) is 56.8 Å². The largest absolute Gasteiger partial charge is 0.348 e. The van der Waals surface area contributed by atoms with E-state index in [1.807, 2.05) is 24.3 Å². The highest BCUT2D eigenvalue weighted by molar-refractivity contribution is 8.14. The van der Waals surface area contributed by atoms with Crippen molar-refractivity contribution in [2.45, 2.75) is 46.3 Å². The van der Waals surface area contributed by atoms with Gasteiger partial charge >= 0.3 is 0 Å². The minimum absolute atomic E-state index is 0.134. The summed E-state index contributed by atoms with van der Waals surface area (Å²) in [5.41, 5.74) is 1.88. The summed E-state index contributed by atoms with van der Waals surface area (Å²) in [4.78, 5) is 12.0. The Labute approximate surface area is 137 Å². The first kappa shape index (κ1) is 17.5. The first-order chi connectivity index (χ1) is 10.6. The van der Waals surface area contributed by atoms with Crippen molar-refractivity contribution in [3.63, 3.8) is 0 Å². The van der Waals surface area contributed by atoms with Crippen molar-refractivity contribution in [2.24, 2.45) is 5.41 Å². The van der Waals surface area contributed by atoms with Crippen LogP contribution in [0.4, 0.5) is 0 Å². The zero-order chi connectivity index (χ0) is 16.0. The van der Waals surface area contributed by atoms with E-state index >= 15 is 0 Å². The fourth-order valence-corrected chi connectivity index (χ4v) is 3.19. The number of ether oxygens (including phenoxy) is 2. The molecule has 2 rings (SSSR count). The molecule has 1 heterocycles. The predicted octanol–water partition coefficient (Wildman–Crippen LogP) is 4.82. The van der Waals surface area contributed by atoms with E-state index in [0.29, 0.717) is 0 Å². The molecule has 1 aliphatic rings. The fourth-order valence-electron chi connectivity index (χ4n) is 2.50.